The molecule has 3 aromatic rings. The highest BCUT2D eigenvalue weighted by Crippen LogP contribution is 2.50. The van der Waals surface area contributed by atoms with E-state index in [0.717, 1.165) is 37.2 Å². The van der Waals surface area contributed by atoms with Crippen molar-refractivity contribution in [3.63, 3.8) is 0 Å². The van der Waals surface area contributed by atoms with E-state index < -0.39 is 11.9 Å². The van der Waals surface area contributed by atoms with Crippen LogP contribution in [0, 0.1) is 5.41 Å². The van der Waals surface area contributed by atoms with Gasteiger partial charge in [-0.2, -0.15) is 0 Å². The average Bonchev–Trinajstić information content (AvgIpc) is 3.18. The minimum absolute atomic E-state index is 0.103. The second-order valence-electron chi connectivity index (χ2n) is 8.92. The molecule has 198 valence electrons. The summed E-state index contributed by atoms with van der Waals surface area (Å²) in [5, 5.41) is 25.4. The Hall–Kier alpha value is -3.74. The van der Waals surface area contributed by atoms with Gasteiger partial charge in [-0.25, -0.2) is 19.6 Å². The van der Waals surface area contributed by atoms with Crippen LogP contribution in [-0.4, -0.2) is 55.4 Å². The van der Waals surface area contributed by atoms with Crippen molar-refractivity contribution < 1.29 is 19.8 Å². The zero-order valence-corrected chi connectivity index (χ0v) is 21.8. The lowest BCUT2D eigenvalue weighted by molar-refractivity contribution is -0.134. The van der Waals surface area contributed by atoms with Crippen molar-refractivity contribution in [2.45, 2.75) is 35.2 Å². The third-order valence-corrected chi connectivity index (χ3v) is 8.09. The Bertz CT molecular complexity index is 1330. The van der Waals surface area contributed by atoms with Gasteiger partial charge in [0.1, 0.15) is 10.8 Å². The third-order valence-electron chi connectivity index (χ3n) is 6.63. The first-order chi connectivity index (χ1) is 18.2. The molecule has 6 N–H and O–H groups in total. The van der Waals surface area contributed by atoms with Crippen LogP contribution in [0.15, 0.2) is 64.8 Å². The molecule has 0 radical (unpaired) electrons. The monoisotopic (exact) mass is 555 g/mol. The predicted molar refractivity (Wildman–Crippen MR) is 143 cm³/mol. The van der Waals surface area contributed by atoms with Crippen LogP contribution in [0.3, 0.4) is 0 Å². The number of nitrogens with zero attached hydrogens (tertiary/aromatic N) is 5. The maximum Gasteiger partial charge on any atom is 0.328 e. The summed E-state index contributed by atoms with van der Waals surface area (Å²) >= 11 is 7.57. The lowest BCUT2D eigenvalue weighted by Crippen LogP contribution is -2.45. The summed E-state index contributed by atoms with van der Waals surface area (Å²) in [6, 6.07) is 10.5. The van der Waals surface area contributed by atoms with Crippen molar-refractivity contribution in [1.29, 1.82) is 0 Å². The van der Waals surface area contributed by atoms with Crippen LogP contribution in [0.1, 0.15) is 30.0 Å². The number of hydrogen-bond acceptors (Lipinski definition) is 10. The van der Waals surface area contributed by atoms with E-state index >= 15 is 0 Å². The molecule has 2 aromatic heterocycles. The summed E-state index contributed by atoms with van der Waals surface area (Å²) in [6.45, 7) is 1.76. The van der Waals surface area contributed by atoms with E-state index in [-0.39, 0.29) is 11.5 Å². The molecule has 0 unspecified atom stereocenters. The quantitative estimate of drug-likeness (QED) is 0.338. The summed E-state index contributed by atoms with van der Waals surface area (Å²) in [5.41, 5.74) is 15.3. The number of carboxylic acids is 2. The van der Waals surface area contributed by atoms with Crippen molar-refractivity contribution in [2.24, 2.45) is 11.1 Å². The molecule has 2 aliphatic rings. The van der Waals surface area contributed by atoms with Crippen molar-refractivity contribution >= 4 is 47.1 Å². The summed E-state index contributed by atoms with van der Waals surface area (Å²) in [7, 11) is 0. The zero-order valence-electron chi connectivity index (χ0n) is 20.2. The van der Waals surface area contributed by atoms with E-state index in [1.165, 1.54) is 22.9 Å². The number of halogens is 1. The highest BCUT2D eigenvalue weighted by molar-refractivity contribution is 7.99. The number of pyridine rings is 1. The molecule has 0 amide bonds. The Morgan fingerprint density at radius 2 is 1.76 bits per heavy atom. The predicted octanol–water partition coefficient (Wildman–Crippen LogP) is 3.21. The smallest absolute Gasteiger partial charge is 0.328 e. The topological polar surface area (TPSA) is 181 Å². The minimum atomic E-state index is -1.26. The number of benzene rings is 1. The highest BCUT2D eigenvalue weighted by atomic mass is 35.5. The van der Waals surface area contributed by atoms with Crippen LogP contribution in [0.4, 0.5) is 11.8 Å². The molecule has 0 saturated carbocycles. The van der Waals surface area contributed by atoms with Crippen LogP contribution >= 0.6 is 23.4 Å². The van der Waals surface area contributed by atoms with Crippen molar-refractivity contribution in [3.05, 3.63) is 71.0 Å². The van der Waals surface area contributed by atoms with Gasteiger partial charge in [0.2, 0.25) is 5.95 Å². The second kappa shape index (κ2) is 11.8. The molecule has 38 heavy (non-hydrogen) atoms. The fourth-order valence-corrected chi connectivity index (χ4v) is 5.65. The molecule has 1 spiro atoms. The summed E-state index contributed by atoms with van der Waals surface area (Å²) in [6.07, 6.45) is 7.56. The molecule has 3 heterocycles. The van der Waals surface area contributed by atoms with Crippen molar-refractivity contribution in [3.8, 4) is 0 Å². The Balaban J connectivity index is 0.000000368. The molecular formula is C25H26ClN7O4S. The van der Waals surface area contributed by atoms with Gasteiger partial charge in [0.15, 0.2) is 0 Å². The largest absolute Gasteiger partial charge is 0.478 e. The van der Waals surface area contributed by atoms with Gasteiger partial charge in [0.25, 0.3) is 0 Å². The van der Waals surface area contributed by atoms with Gasteiger partial charge in [-0.3, -0.25) is 0 Å². The molecular weight excluding hydrogens is 530 g/mol. The summed E-state index contributed by atoms with van der Waals surface area (Å²) < 4.78 is 0. The van der Waals surface area contributed by atoms with Gasteiger partial charge in [0, 0.05) is 42.4 Å². The average molecular weight is 556 g/mol. The number of carbonyl (C=O) groups is 2. The number of anilines is 2. The van der Waals surface area contributed by atoms with Crippen LogP contribution in [0.2, 0.25) is 5.02 Å². The molecule has 1 aliphatic carbocycles. The number of nitrogen functional groups attached to an aromatic ring is 1. The molecule has 1 aliphatic heterocycles. The number of nitrogens with two attached hydrogens (primary N) is 2. The number of rotatable bonds is 5. The van der Waals surface area contributed by atoms with Gasteiger partial charge >= 0.3 is 11.9 Å². The Kier molecular flexibility index (Phi) is 8.45. The summed E-state index contributed by atoms with van der Waals surface area (Å²) in [5.74, 6) is -1.56. The van der Waals surface area contributed by atoms with E-state index in [1.807, 2.05) is 0 Å². The molecule has 13 heteroatoms. The number of aliphatic carboxylic acids is 2. The van der Waals surface area contributed by atoms with Gasteiger partial charge in [-0.15, -0.1) is 10.2 Å². The molecule has 5 rings (SSSR count). The number of hydrogen-bond donors (Lipinski definition) is 4. The van der Waals surface area contributed by atoms with E-state index in [4.69, 9.17) is 33.3 Å². The fourth-order valence-electron chi connectivity index (χ4n) is 4.68. The fraction of sp³-hybridized carbons (Fsp3) is 0.280. The van der Waals surface area contributed by atoms with Crippen LogP contribution < -0.4 is 16.4 Å². The highest BCUT2D eigenvalue weighted by Gasteiger charge is 2.46. The summed E-state index contributed by atoms with van der Waals surface area (Å²) in [4.78, 5) is 30.6. The Morgan fingerprint density at radius 3 is 2.37 bits per heavy atom. The third kappa shape index (κ3) is 6.21. The number of piperidine rings is 1. The van der Waals surface area contributed by atoms with Gasteiger partial charge in [0.05, 0.1) is 11.2 Å². The van der Waals surface area contributed by atoms with E-state index in [2.05, 4.69) is 49.3 Å². The molecule has 11 nitrogen and oxygen atoms in total. The maximum absolute atomic E-state index is 9.55. The first-order valence-electron chi connectivity index (χ1n) is 11.7. The van der Waals surface area contributed by atoms with Gasteiger partial charge in [-0.1, -0.05) is 47.6 Å². The number of aromatic nitrogens is 4. The molecule has 1 atom stereocenters. The van der Waals surface area contributed by atoms with E-state index in [0.29, 0.717) is 34.0 Å². The molecule has 0 bridgehead atoms. The lowest BCUT2D eigenvalue weighted by Gasteiger charge is -2.42. The second-order valence-corrected chi connectivity index (χ2v) is 10.4. The normalized spacial score (nSPS) is 17.6. The standard InChI is InChI=1S/C21H22ClN7S.C4H4O4/c22-17-15(5-8-25-19(17)24)30-16-12-26-20(28-27-16)29-9-6-21(7-10-29)11-13-3-1-2-4-14(13)18(21)23;5-3(6)1-2-4(7)8/h1-5,8,12,18H,6-7,9-11,23H2,(H2,24,25);1-2H,(H,5,6)(H,7,8)/b;2-1+/t18-;/m1./s1. The first-order valence-corrected chi connectivity index (χ1v) is 12.9. The SMILES string of the molecule is Nc1nccc(Sc2cnc(N3CCC4(CC3)Cc3ccccc3[C@H]4N)nn2)c1Cl.O=C(O)/C=C/C(=O)O. The Labute approximate surface area is 227 Å². The van der Waals surface area contributed by atoms with E-state index in [1.54, 1.807) is 18.5 Å². The van der Waals surface area contributed by atoms with Crippen LogP contribution in [0.25, 0.3) is 0 Å². The molecule has 1 aromatic carbocycles. The molecule has 1 fully saturated rings. The maximum atomic E-state index is 9.55. The Morgan fingerprint density at radius 1 is 1.08 bits per heavy atom. The first kappa shape index (κ1) is 27.3. The van der Waals surface area contributed by atoms with Crippen LogP contribution in [0.5, 0.6) is 0 Å². The van der Waals surface area contributed by atoms with E-state index in [9.17, 15) is 9.59 Å². The van der Waals surface area contributed by atoms with Crippen molar-refractivity contribution in [2.75, 3.05) is 23.7 Å². The number of fused-ring (bicyclic) bond motifs is 1. The van der Waals surface area contributed by atoms with Crippen LogP contribution in [-0.2, 0) is 16.0 Å². The zero-order chi connectivity index (χ0) is 27.3. The van der Waals surface area contributed by atoms with Gasteiger partial charge < -0.3 is 26.6 Å². The number of carboxylic acid groups (broad SMARTS) is 2. The van der Waals surface area contributed by atoms with Gasteiger partial charge in [-0.05, 0) is 41.9 Å². The minimum Gasteiger partial charge on any atom is -0.478 e. The lowest BCUT2D eigenvalue weighted by atomic mass is 9.73. The molecule has 1 saturated heterocycles. The van der Waals surface area contributed by atoms with Crippen molar-refractivity contribution in [1.82, 2.24) is 20.2 Å².